The van der Waals surface area contributed by atoms with Crippen LogP contribution in [0.2, 0.25) is 0 Å². The first-order chi connectivity index (χ1) is 29.7. The largest absolute Gasteiger partial charge is 0.376 e. The van der Waals surface area contributed by atoms with Crippen molar-refractivity contribution < 1.29 is 28.8 Å². The molecule has 1 N–H and O–H groups in total. The third-order valence-electron chi connectivity index (χ3n) is 10.9. The Labute approximate surface area is 374 Å². The predicted octanol–water partition coefficient (Wildman–Crippen LogP) is 13.1. The highest BCUT2D eigenvalue weighted by molar-refractivity contribution is 7.35. The fourth-order valence-electron chi connectivity index (χ4n) is 7.53. The number of ether oxygens (including phenoxy) is 4. The molecule has 2 fully saturated rings. The Morgan fingerprint density at radius 2 is 1.28 bits per heavy atom. The molecule has 5 atom stereocenters. The highest BCUT2D eigenvalue weighted by atomic mass is 31.1. The Bertz CT molecular complexity index is 1630. The quantitative estimate of drug-likeness (QED) is 0.0318. The van der Waals surface area contributed by atoms with Crippen LogP contribution in [0.5, 0.6) is 0 Å². The summed E-state index contributed by atoms with van der Waals surface area (Å²) in [6, 6.07) is 11.8. The molecule has 2 aromatic rings. The van der Waals surface area contributed by atoms with E-state index in [1.807, 2.05) is 49.4 Å². The van der Waals surface area contributed by atoms with E-state index in [-0.39, 0.29) is 30.6 Å². The van der Waals surface area contributed by atoms with Crippen LogP contribution in [0.3, 0.4) is 0 Å². The molecule has 3 unspecified atom stereocenters. The van der Waals surface area contributed by atoms with Gasteiger partial charge in [-0.1, -0.05) is 113 Å². The second-order valence-electron chi connectivity index (χ2n) is 16.3. The molecular weight excluding hydrogens is 776 g/mol. The number of aliphatic hydroxyl groups excluding tert-OH is 1. The number of aryl methyl sites for hydroxylation is 2. The van der Waals surface area contributed by atoms with E-state index in [0.29, 0.717) is 18.4 Å². The van der Waals surface area contributed by atoms with E-state index in [1.54, 1.807) is 0 Å². The molecule has 0 bridgehead atoms. The number of rotatable bonds is 22. The van der Waals surface area contributed by atoms with E-state index in [9.17, 15) is 9.90 Å². The number of hydrogen-bond acceptors (Lipinski definition) is 6. The van der Waals surface area contributed by atoms with E-state index in [1.165, 1.54) is 50.5 Å². The maximum atomic E-state index is 12.6. The van der Waals surface area contributed by atoms with E-state index in [4.69, 9.17) is 18.9 Å². The minimum Gasteiger partial charge on any atom is -0.376 e. The summed E-state index contributed by atoms with van der Waals surface area (Å²) in [6.45, 7) is 22.1. The predicted molar refractivity (Wildman–Crippen MR) is 259 cm³/mol. The number of benzene rings is 2. The molecule has 2 aromatic carbocycles. The van der Waals surface area contributed by atoms with Crippen molar-refractivity contribution in [2.45, 2.75) is 187 Å². The molecule has 2 aliphatic heterocycles. The summed E-state index contributed by atoms with van der Waals surface area (Å²) in [6.07, 6.45) is 23.6. The summed E-state index contributed by atoms with van der Waals surface area (Å²) < 4.78 is 23.9. The maximum Gasteiger partial charge on any atom is 0.236 e. The normalized spacial score (nSPS) is 17.3. The van der Waals surface area contributed by atoms with Gasteiger partial charge in [-0.05, 0) is 138 Å². The van der Waals surface area contributed by atoms with Crippen LogP contribution >= 0.6 is 8.58 Å². The molecule has 6 nitrogen and oxygen atoms in total. The van der Waals surface area contributed by atoms with Gasteiger partial charge in [-0.25, -0.2) is 0 Å². The van der Waals surface area contributed by atoms with Crippen LogP contribution < -0.4 is 0 Å². The lowest BCUT2D eigenvalue weighted by atomic mass is 9.95. The van der Waals surface area contributed by atoms with Gasteiger partial charge < -0.3 is 24.1 Å². The maximum absolute atomic E-state index is 12.6. The van der Waals surface area contributed by atoms with Crippen LogP contribution in [0.15, 0.2) is 61.7 Å². The van der Waals surface area contributed by atoms with Crippen LogP contribution in [-0.4, -0.2) is 62.2 Å². The second kappa shape index (κ2) is 34.4. The molecule has 4 rings (SSSR count). The van der Waals surface area contributed by atoms with Crippen molar-refractivity contribution in [1.29, 1.82) is 0 Å². The lowest BCUT2D eigenvalue weighted by Crippen LogP contribution is -2.28. The van der Waals surface area contributed by atoms with Gasteiger partial charge in [-0.15, -0.1) is 27.7 Å². The van der Waals surface area contributed by atoms with Crippen molar-refractivity contribution in [1.82, 2.24) is 0 Å². The van der Waals surface area contributed by atoms with Gasteiger partial charge in [0.25, 0.3) is 0 Å². The van der Waals surface area contributed by atoms with Gasteiger partial charge in [0.1, 0.15) is 6.10 Å². The Balaban J connectivity index is 0.000000395. The van der Waals surface area contributed by atoms with Gasteiger partial charge in [-0.2, -0.15) is 0 Å². The zero-order valence-corrected chi connectivity index (χ0v) is 40.0. The monoisotopic (exact) mass is 857 g/mol. The van der Waals surface area contributed by atoms with Crippen molar-refractivity contribution in [3.63, 3.8) is 0 Å². The van der Waals surface area contributed by atoms with E-state index in [2.05, 4.69) is 77.0 Å². The molecule has 0 aromatic heterocycles. The number of aliphatic hydroxyl groups is 1. The number of carbonyl (C=O) groups is 1. The molecule has 2 saturated heterocycles. The number of Topliss-reactive ketones (excluding diaryl/α,β-unsaturated/α-hetero) is 1. The topological polar surface area (TPSA) is 74.2 Å². The minimum absolute atomic E-state index is 0.0531. The van der Waals surface area contributed by atoms with E-state index < -0.39 is 6.10 Å². The van der Waals surface area contributed by atoms with Crippen LogP contribution in [0, 0.1) is 37.5 Å². The average molecular weight is 857 g/mol. The smallest absolute Gasteiger partial charge is 0.236 e. The van der Waals surface area contributed by atoms with Gasteiger partial charge in [0.15, 0.2) is 12.6 Å². The van der Waals surface area contributed by atoms with Crippen molar-refractivity contribution in [3.05, 3.63) is 95.1 Å². The molecule has 7 heteroatoms. The highest BCUT2D eigenvalue weighted by Gasteiger charge is 2.21. The Morgan fingerprint density at radius 1 is 0.770 bits per heavy atom. The van der Waals surface area contributed by atoms with Crippen molar-refractivity contribution >= 4 is 14.4 Å². The average Bonchev–Trinajstić information content (AvgIpc) is 3.26. The first-order valence-corrected chi connectivity index (χ1v) is 25.4. The lowest BCUT2D eigenvalue weighted by Gasteiger charge is -2.27. The van der Waals surface area contributed by atoms with Gasteiger partial charge in [0.05, 0.1) is 12.2 Å². The Morgan fingerprint density at radius 3 is 1.79 bits per heavy atom. The fourth-order valence-corrected chi connectivity index (χ4v) is 7.53. The van der Waals surface area contributed by atoms with E-state index >= 15 is 0 Å². The summed E-state index contributed by atoms with van der Waals surface area (Å²) in [7, 11) is 1.08. The summed E-state index contributed by atoms with van der Waals surface area (Å²) in [5.74, 6) is 12.0. The van der Waals surface area contributed by atoms with Gasteiger partial charge >= 0.3 is 0 Å². The number of allylic oxidation sites excluding steroid dienone is 2. The lowest BCUT2D eigenvalue weighted by molar-refractivity contribution is -0.190. The molecular formula is C54H81O6P. The van der Waals surface area contributed by atoms with Gasteiger partial charge in [0, 0.05) is 31.6 Å². The van der Waals surface area contributed by atoms with Crippen LogP contribution in [0.1, 0.15) is 174 Å². The van der Waals surface area contributed by atoms with Crippen LogP contribution in [0.4, 0.5) is 0 Å². The molecule has 2 aliphatic rings. The molecule has 0 spiro atoms. The number of carbonyl (C=O) groups excluding carboxylic acids is 1. The van der Waals surface area contributed by atoms with Gasteiger partial charge in [-0.3, -0.25) is 4.79 Å². The third kappa shape index (κ3) is 22.7. The fraction of sp³-hybridized carbons (Fsp3) is 0.611. The van der Waals surface area contributed by atoms with Crippen molar-refractivity contribution in [2.75, 3.05) is 26.5 Å². The van der Waals surface area contributed by atoms with Crippen LogP contribution in [-0.2, 0) is 31.8 Å². The summed E-state index contributed by atoms with van der Waals surface area (Å²) >= 11 is 0. The Hall–Kier alpha value is -3.06. The Kier molecular flexibility index (Phi) is 30.5. The van der Waals surface area contributed by atoms with E-state index in [0.717, 1.165) is 115 Å². The van der Waals surface area contributed by atoms with Crippen molar-refractivity contribution in [2.24, 2.45) is 0 Å². The molecule has 0 amide bonds. The summed E-state index contributed by atoms with van der Waals surface area (Å²) in [4.78, 5) is 12.6. The molecule has 61 heavy (non-hydrogen) atoms. The zero-order valence-electron chi connectivity index (χ0n) is 39.0. The molecule has 0 saturated carbocycles. The zero-order chi connectivity index (χ0) is 44.5. The molecule has 0 aliphatic carbocycles. The SMILES string of the molecule is C=CCc1c(C)cccc1C(=O)C#CCC[C@H](CCCCC)OC1CCCCO1.C=CCc1c(C)cccc1C(O)C#CCC[C@H](CCCCC)OC1CCCCO1.CPC. The highest BCUT2D eigenvalue weighted by Crippen LogP contribution is 2.24. The number of hydrogen-bond donors (Lipinski definition) is 1. The van der Waals surface area contributed by atoms with Crippen molar-refractivity contribution in [3.8, 4) is 23.7 Å². The molecule has 338 valence electrons. The van der Waals surface area contributed by atoms with Gasteiger partial charge in [0.2, 0.25) is 5.78 Å². The summed E-state index contributed by atoms with van der Waals surface area (Å²) in [5, 5.41) is 10.6. The number of ketones is 1. The first-order valence-electron chi connectivity index (χ1n) is 23.4. The first kappa shape index (κ1) is 54.1. The summed E-state index contributed by atoms with van der Waals surface area (Å²) in [5.41, 5.74) is 6.01. The molecule has 0 radical (unpaired) electrons. The minimum atomic E-state index is -0.758. The number of unbranched alkanes of at least 4 members (excludes halogenated alkanes) is 4. The standard InChI is InChI=1S/C26H38O3.C26H36O3.C2H7P/c2*1-4-6-7-15-22(29-26-19-10-11-20-28-26)16-8-9-18-25(27)24-17-12-14-21(3)23(24)13-5-2;1-3-2/h5,12,14,17,22,25-27H,2,4,6-8,10-11,13,15-16,19-20H2,1,3H3;5,12,14,17,22,26H,2,4,6-8,10-11,13,15-16,19-20H2,1,3H3;3H,1-2H3/t22-,25?,26?;22-,26?;/m00./s1. The van der Waals surface area contributed by atoms with Crippen LogP contribution in [0.25, 0.3) is 0 Å². The second-order valence-corrected chi connectivity index (χ2v) is 17.3. The third-order valence-corrected chi connectivity index (χ3v) is 10.9. The molecule has 2 heterocycles.